The summed E-state index contributed by atoms with van der Waals surface area (Å²) in [5.41, 5.74) is 2.15. The molecule has 144 valence electrons. The van der Waals surface area contributed by atoms with Crippen LogP contribution in [-0.2, 0) is 9.53 Å². The van der Waals surface area contributed by atoms with E-state index < -0.39 is 0 Å². The Bertz CT molecular complexity index is 858. The SMILES string of the molecule is CCOC(=O)C(C)N1CC2(CC(N(C)c3ccnc4ccc(F)cc34)C2)C1. The molecule has 6 heteroatoms. The van der Waals surface area contributed by atoms with E-state index in [1.807, 2.05) is 19.9 Å². The fourth-order valence-electron chi connectivity index (χ4n) is 4.58. The van der Waals surface area contributed by atoms with Gasteiger partial charge in [0.05, 0.1) is 12.1 Å². The zero-order chi connectivity index (χ0) is 19.2. The fourth-order valence-corrected chi connectivity index (χ4v) is 4.58. The molecule has 5 nitrogen and oxygen atoms in total. The first-order valence-electron chi connectivity index (χ1n) is 9.60. The lowest BCUT2D eigenvalue weighted by molar-refractivity contribution is -0.159. The lowest BCUT2D eigenvalue weighted by atomic mass is 9.60. The topological polar surface area (TPSA) is 45.7 Å². The molecule has 1 spiro atoms. The number of rotatable bonds is 5. The van der Waals surface area contributed by atoms with Gasteiger partial charge < -0.3 is 9.64 Å². The van der Waals surface area contributed by atoms with E-state index in [-0.39, 0.29) is 17.8 Å². The molecule has 0 radical (unpaired) electrons. The molecule has 0 amide bonds. The number of halogens is 1. The largest absolute Gasteiger partial charge is 0.465 e. The monoisotopic (exact) mass is 371 g/mol. The predicted molar refractivity (Wildman–Crippen MR) is 103 cm³/mol. The van der Waals surface area contributed by atoms with Crippen molar-refractivity contribution in [1.82, 2.24) is 9.88 Å². The van der Waals surface area contributed by atoms with Crippen LogP contribution in [0.5, 0.6) is 0 Å². The summed E-state index contributed by atoms with van der Waals surface area (Å²) in [7, 11) is 2.08. The summed E-state index contributed by atoms with van der Waals surface area (Å²) in [6.07, 6.45) is 3.97. The van der Waals surface area contributed by atoms with Gasteiger partial charge in [-0.1, -0.05) is 0 Å². The first-order chi connectivity index (χ1) is 12.9. The molecule has 1 aromatic carbocycles. The molecular formula is C21H26FN3O2. The number of hydrogen-bond donors (Lipinski definition) is 0. The second kappa shape index (κ2) is 6.75. The number of nitrogens with zero attached hydrogens (tertiary/aromatic N) is 3. The average Bonchev–Trinajstić information content (AvgIpc) is 2.58. The number of benzene rings is 1. The highest BCUT2D eigenvalue weighted by Gasteiger charge is 2.55. The highest BCUT2D eigenvalue weighted by atomic mass is 19.1. The Hall–Kier alpha value is -2.21. The summed E-state index contributed by atoms with van der Waals surface area (Å²) >= 11 is 0. The van der Waals surface area contributed by atoms with Crippen molar-refractivity contribution < 1.29 is 13.9 Å². The Balaban J connectivity index is 1.40. The third-order valence-corrected chi connectivity index (χ3v) is 6.20. The second-order valence-corrected chi connectivity index (χ2v) is 8.00. The molecule has 0 N–H and O–H groups in total. The second-order valence-electron chi connectivity index (χ2n) is 8.00. The van der Waals surface area contributed by atoms with Crippen LogP contribution in [0, 0.1) is 11.2 Å². The smallest absolute Gasteiger partial charge is 0.323 e. The van der Waals surface area contributed by atoms with Crippen LogP contribution in [0.1, 0.15) is 26.7 Å². The standard InChI is InChI=1S/C21H26FN3O2/c1-4-27-20(26)14(2)25-12-21(13-25)10-16(11-21)24(3)19-7-8-23-18-6-5-15(22)9-17(18)19/h5-9,14,16H,4,10-13H2,1-3H3. The normalized spacial score (nSPS) is 20.1. The zero-order valence-corrected chi connectivity index (χ0v) is 16.1. The number of hydrogen-bond acceptors (Lipinski definition) is 5. The van der Waals surface area contributed by atoms with Crippen LogP contribution >= 0.6 is 0 Å². The maximum absolute atomic E-state index is 13.7. The molecule has 1 saturated heterocycles. The van der Waals surface area contributed by atoms with Crippen molar-refractivity contribution >= 4 is 22.6 Å². The van der Waals surface area contributed by atoms with Crippen LogP contribution < -0.4 is 4.90 Å². The van der Waals surface area contributed by atoms with Gasteiger partial charge in [-0.3, -0.25) is 14.7 Å². The molecular weight excluding hydrogens is 345 g/mol. The number of carbonyl (C=O) groups is 1. The lowest BCUT2D eigenvalue weighted by Gasteiger charge is -2.62. The van der Waals surface area contributed by atoms with Crippen molar-refractivity contribution in [3.63, 3.8) is 0 Å². The molecule has 2 heterocycles. The van der Waals surface area contributed by atoms with Crippen molar-refractivity contribution in [2.45, 2.75) is 38.8 Å². The number of carbonyl (C=O) groups excluding carboxylic acids is 1. The van der Waals surface area contributed by atoms with E-state index in [1.54, 1.807) is 18.3 Å². The van der Waals surface area contributed by atoms with Gasteiger partial charge in [-0.15, -0.1) is 0 Å². The number of pyridine rings is 1. The summed E-state index contributed by atoms with van der Waals surface area (Å²) < 4.78 is 18.8. The van der Waals surface area contributed by atoms with Crippen molar-refractivity contribution in [3.05, 3.63) is 36.3 Å². The van der Waals surface area contributed by atoms with E-state index in [0.717, 1.165) is 42.5 Å². The van der Waals surface area contributed by atoms with Gasteiger partial charge in [-0.2, -0.15) is 0 Å². The van der Waals surface area contributed by atoms with E-state index in [2.05, 4.69) is 21.8 Å². The molecule has 2 aliphatic rings. The van der Waals surface area contributed by atoms with Gasteiger partial charge in [-0.25, -0.2) is 4.39 Å². The number of fused-ring (bicyclic) bond motifs is 1. The van der Waals surface area contributed by atoms with E-state index in [4.69, 9.17) is 4.74 Å². The van der Waals surface area contributed by atoms with Gasteiger partial charge in [0.2, 0.25) is 0 Å². The average molecular weight is 371 g/mol. The highest BCUT2D eigenvalue weighted by molar-refractivity contribution is 5.91. The molecule has 0 bridgehead atoms. The third kappa shape index (κ3) is 3.16. The molecule has 1 unspecified atom stereocenters. The van der Waals surface area contributed by atoms with E-state index >= 15 is 0 Å². The number of aromatic nitrogens is 1. The summed E-state index contributed by atoms with van der Waals surface area (Å²) in [5.74, 6) is -0.372. The molecule has 1 atom stereocenters. The van der Waals surface area contributed by atoms with Crippen LogP contribution in [0.3, 0.4) is 0 Å². The van der Waals surface area contributed by atoms with Crippen LogP contribution in [0.4, 0.5) is 10.1 Å². The molecule has 4 rings (SSSR count). The molecule has 1 aliphatic heterocycles. The van der Waals surface area contributed by atoms with E-state index in [0.29, 0.717) is 18.1 Å². The maximum atomic E-state index is 13.7. The molecule has 2 aromatic rings. The van der Waals surface area contributed by atoms with Gasteiger partial charge >= 0.3 is 5.97 Å². The van der Waals surface area contributed by atoms with E-state index in [1.165, 1.54) is 6.07 Å². The lowest BCUT2D eigenvalue weighted by Crippen LogP contribution is -2.68. The van der Waals surface area contributed by atoms with Crippen molar-refractivity contribution in [2.75, 3.05) is 31.6 Å². The van der Waals surface area contributed by atoms with Crippen molar-refractivity contribution in [2.24, 2.45) is 5.41 Å². The summed E-state index contributed by atoms with van der Waals surface area (Å²) in [5, 5.41) is 0.854. The minimum atomic E-state index is -0.238. The summed E-state index contributed by atoms with van der Waals surface area (Å²) in [6, 6.07) is 6.96. The van der Waals surface area contributed by atoms with Crippen LogP contribution in [0.2, 0.25) is 0 Å². The Morgan fingerprint density at radius 1 is 1.41 bits per heavy atom. The summed E-state index contributed by atoms with van der Waals surface area (Å²) in [6.45, 7) is 6.08. The maximum Gasteiger partial charge on any atom is 0.323 e. The number of anilines is 1. The summed E-state index contributed by atoms with van der Waals surface area (Å²) in [4.78, 5) is 20.7. The van der Waals surface area contributed by atoms with Crippen LogP contribution in [-0.4, -0.2) is 54.7 Å². The van der Waals surface area contributed by atoms with Gasteiger partial charge in [0.15, 0.2) is 0 Å². The Labute approximate surface area is 159 Å². The predicted octanol–water partition coefficient (Wildman–Crippen LogP) is 3.23. The van der Waals surface area contributed by atoms with Crippen molar-refractivity contribution in [3.8, 4) is 0 Å². The minimum absolute atomic E-state index is 0.134. The minimum Gasteiger partial charge on any atom is -0.465 e. The molecule has 1 aliphatic carbocycles. The van der Waals surface area contributed by atoms with E-state index in [9.17, 15) is 9.18 Å². The Morgan fingerprint density at radius 2 is 2.15 bits per heavy atom. The Kier molecular flexibility index (Phi) is 4.54. The zero-order valence-electron chi connectivity index (χ0n) is 16.1. The quantitative estimate of drug-likeness (QED) is 0.755. The Morgan fingerprint density at radius 3 is 2.85 bits per heavy atom. The van der Waals surface area contributed by atoms with Gasteiger partial charge in [-0.05, 0) is 56.4 Å². The van der Waals surface area contributed by atoms with Gasteiger partial charge in [0.25, 0.3) is 0 Å². The number of likely N-dealkylation sites (tertiary alicyclic amines) is 1. The van der Waals surface area contributed by atoms with Crippen molar-refractivity contribution in [1.29, 1.82) is 0 Å². The molecule has 1 aromatic heterocycles. The third-order valence-electron chi connectivity index (χ3n) is 6.20. The molecule has 1 saturated carbocycles. The van der Waals surface area contributed by atoms with Crippen LogP contribution in [0.25, 0.3) is 10.9 Å². The van der Waals surface area contributed by atoms with Crippen LogP contribution in [0.15, 0.2) is 30.5 Å². The highest BCUT2D eigenvalue weighted by Crippen LogP contribution is 2.51. The van der Waals surface area contributed by atoms with Gasteiger partial charge in [0.1, 0.15) is 11.9 Å². The first kappa shape index (κ1) is 18.2. The van der Waals surface area contributed by atoms with Gasteiger partial charge in [0, 0.05) is 43.4 Å². The fraction of sp³-hybridized carbons (Fsp3) is 0.524. The number of ether oxygens (including phenoxy) is 1. The molecule has 27 heavy (non-hydrogen) atoms. The molecule has 2 fully saturated rings. The number of esters is 1. The first-order valence-corrected chi connectivity index (χ1v) is 9.60.